The van der Waals surface area contributed by atoms with Gasteiger partial charge in [0.25, 0.3) is 0 Å². The van der Waals surface area contributed by atoms with Crippen LogP contribution in [0.15, 0.2) is 23.3 Å². The van der Waals surface area contributed by atoms with E-state index in [1.54, 1.807) is 12.4 Å². The third kappa shape index (κ3) is 1.41. The summed E-state index contributed by atoms with van der Waals surface area (Å²) in [6, 6.07) is 3.83. The first-order chi connectivity index (χ1) is 4.84. The minimum absolute atomic E-state index is 0.949. The van der Waals surface area contributed by atoms with Gasteiger partial charge in [0.15, 0.2) is 0 Å². The van der Waals surface area contributed by atoms with Crippen LogP contribution in [0.25, 0.3) is 0 Å². The zero-order valence-corrected chi connectivity index (χ0v) is 6.20. The molecule has 2 nitrogen and oxygen atoms in total. The molecule has 1 rings (SSSR count). The molecule has 0 amide bonds. The van der Waals surface area contributed by atoms with Crippen LogP contribution < -0.4 is 0 Å². The molecule has 0 aliphatic carbocycles. The molecule has 0 radical (unpaired) electrons. The molecule has 0 N–H and O–H groups in total. The Morgan fingerprint density at radius 3 is 3.00 bits per heavy atom. The minimum atomic E-state index is 0.949. The van der Waals surface area contributed by atoms with E-state index in [9.17, 15) is 0 Å². The largest absolute Gasteiger partial charge is 0.260 e. The molecule has 0 saturated heterocycles. The van der Waals surface area contributed by atoms with E-state index in [4.69, 9.17) is 0 Å². The molecule has 0 aromatic carbocycles. The summed E-state index contributed by atoms with van der Waals surface area (Å²) in [7, 11) is 0. The molecule has 1 aromatic rings. The molecular weight excluding hydrogens is 124 g/mol. The Hall–Kier alpha value is -1.18. The number of hydrogen-bond acceptors (Lipinski definition) is 2. The van der Waals surface area contributed by atoms with Crippen LogP contribution in [0.3, 0.4) is 0 Å². The Balaban J connectivity index is 3.03. The van der Waals surface area contributed by atoms with Crippen LogP contribution in [-0.2, 0) is 0 Å². The molecule has 1 aromatic heterocycles. The van der Waals surface area contributed by atoms with Gasteiger partial charge in [-0.15, -0.1) is 0 Å². The predicted molar refractivity (Wildman–Crippen MR) is 42.8 cm³/mol. The molecule has 2 heteroatoms. The fraction of sp³-hybridized carbons (Fsp3) is 0.250. The van der Waals surface area contributed by atoms with Crippen LogP contribution in [0.4, 0.5) is 5.69 Å². The molecule has 10 heavy (non-hydrogen) atoms. The highest BCUT2D eigenvalue weighted by atomic mass is 14.8. The first kappa shape index (κ1) is 6.93. The molecule has 1 heterocycles. The van der Waals surface area contributed by atoms with Gasteiger partial charge in [-0.1, -0.05) is 0 Å². The fourth-order valence-electron chi connectivity index (χ4n) is 0.751. The van der Waals surface area contributed by atoms with Crippen molar-refractivity contribution < 1.29 is 0 Å². The Labute approximate surface area is 60.6 Å². The number of hydrogen-bond donors (Lipinski definition) is 0. The van der Waals surface area contributed by atoms with Crippen molar-refractivity contribution in [3.8, 4) is 0 Å². The van der Waals surface area contributed by atoms with Gasteiger partial charge in [0, 0.05) is 12.4 Å². The second-order valence-electron chi connectivity index (χ2n) is 2.00. The first-order valence-electron chi connectivity index (χ1n) is 3.25. The van der Waals surface area contributed by atoms with E-state index in [0.717, 1.165) is 11.4 Å². The lowest BCUT2D eigenvalue weighted by atomic mass is 10.3. The topological polar surface area (TPSA) is 25.2 Å². The van der Waals surface area contributed by atoms with Gasteiger partial charge in [-0.3, -0.25) is 9.98 Å². The molecule has 0 saturated carbocycles. The molecular formula is C8H10N2. The lowest BCUT2D eigenvalue weighted by Crippen LogP contribution is -1.78. The Morgan fingerprint density at radius 1 is 1.60 bits per heavy atom. The Bertz CT molecular complexity index is 241. The van der Waals surface area contributed by atoms with Gasteiger partial charge in [-0.05, 0) is 26.0 Å². The monoisotopic (exact) mass is 134 g/mol. The average Bonchev–Trinajstić information content (AvgIpc) is 1.94. The maximum atomic E-state index is 4.12. The number of aliphatic imine (C=N–C) groups is 1. The Morgan fingerprint density at radius 2 is 2.40 bits per heavy atom. The molecule has 52 valence electrons. The fourth-order valence-corrected chi connectivity index (χ4v) is 0.751. The van der Waals surface area contributed by atoms with Crippen molar-refractivity contribution in [1.82, 2.24) is 4.98 Å². The summed E-state index contributed by atoms with van der Waals surface area (Å²) >= 11 is 0. The number of aryl methyl sites for hydroxylation is 1. The van der Waals surface area contributed by atoms with Crippen molar-refractivity contribution in [2.24, 2.45) is 4.99 Å². The van der Waals surface area contributed by atoms with Crippen LogP contribution >= 0.6 is 0 Å². The van der Waals surface area contributed by atoms with Gasteiger partial charge in [0.1, 0.15) is 0 Å². The van der Waals surface area contributed by atoms with E-state index < -0.39 is 0 Å². The van der Waals surface area contributed by atoms with Crippen LogP contribution in [0.2, 0.25) is 0 Å². The molecule has 0 aliphatic rings. The normalized spacial score (nSPS) is 10.6. The quantitative estimate of drug-likeness (QED) is 0.540. The first-order valence-corrected chi connectivity index (χ1v) is 3.25. The highest BCUT2D eigenvalue weighted by Gasteiger charge is 1.90. The van der Waals surface area contributed by atoms with E-state index in [1.165, 1.54) is 0 Å². The van der Waals surface area contributed by atoms with Crippen molar-refractivity contribution in [2.45, 2.75) is 13.8 Å². The molecule has 0 spiro atoms. The van der Waals surface area contributed by atoms with Crippen molar-refractivity contribution in [2.75, 3.05) is 0 Å². The molecule has 0 unspecified atom stereocenters. The van der Waals surface area contributed by atoms with E-state index in [0.29, 0.717) is 0 Å². The van der Waals surface area contributed by atoms with Crippen molar-refractivity contribution in [3.63, 3.8) is 0 Å². The second-order valence-corrected chi connectivity index (χ2v) is 2.00. The second kappa shape index (κ2) is 3.11. The maximum Gasteiger partial charge on any atom is 0.0837 e. The highest BCUT2D eigenvalue weighted by molar-refractivity contribution is 5.61. The Kier molecular flexibility index (Phi) is 2.15. The van der Waals surface area contributed by atoms with Crippen molar-refractivity contribution in [3.05, 3.63) is 24.0 Å². The number of pyridine rings is 1. The summed E-state index contributed by atoms with van der Waals surface area (Å²) in [5, 5.41) is 0. The van der Waals surface area contributed by atoms with E-state index in [1.807, 2.05) is 26.0 Å². The summed E-state index contributed by atoms with van der Waals surface area (Å²) in [5.41, 5.74) is 1.92. The summed E-state index contributed by atoms with van der Waals surface area (Å²) in [4.78, 5) is 8.20. The van der Waals surface area contributed by atoms with Crippen LogP contribution in [0.5, 0.6) is 0 Å². The summed E-state index contributed by atoms with van der Waals surface area (Å²) < 4.78 is 0. The van der Waals surface area contributed by atoms with Gasteiger partial charge in [-0.25, -0.2) is 0 Å². The standard InChI is InChI=1S/C8H10N2/c1-3-9-8-5-4-6-10-7(8)2/h3-6H,1-2H3/b9-3-. The lowest BCUT2D eigenvalue weighted by molar-refractivity contribution is 1.19. The molecule has 0 fully saturated rings. The number of nitrogens with zero attached hydrogens (tertiary/aromatic N) is 2. The maximum absolute atomic E-state index is 4.12. The van der Waals surface area contributed by atoms with Crippen LogP contribution in [0, 0.1) is 6.92 Å². The number of aromatic nitrogens is 1. The third-order valence-corrected chi connectivity index (χ3v) is 1.25. The highest BCUT2D eigenvalue weighted by Crippen LogP contribution is 2.12. The van der Waals surface area contributed by atoms with E-state index in [-0.39, 0.29) is 0 Å². The SMILES string of the molecule is C/C=N\c1cccnc1C. The predicted octanol–water partition coefficient (Wildman–Crippen LogP) is 2.11. The molecule has 0 atom stereocenters. The van der Waals surface area contributed by atoms with Gasteiger partial charge >= 0.3 is 0 Å². The zero-order chi connectivity index (χ0) is 7.40. The summed E-state index contributed by atoms with van der Waals surface area (Å²) in [6.45, 7) is 3.84. The molecule has 0 bridgehead atoms. The smallest absolute Gasteiger partial charge is 0.0837 e. The summed E-state index contributed by atoms with van der Waals surface area (Å²) in [5.74, 6) is 0. The van der Waals surface area contributed by atoms with E-state index in [2.05, 4.69) is 9.98 Å². The van der Waals surface area contributed by atoms with Gasteiger partial charge in [0.2, 0.25) is 0 Å². The van der Waals surface area contributed by atoms with Crippen LogP contribution in [-0.4, -0.2) is 11.2 Å². The van der Waals surface area contributed by atoms with Gasteiger partial charge in [-0.2, -0.15) is 0 Å². The van der Waals surface area contributed by atoms with Crippen LogP contribution in [0.1, 0.15) is 12.6 Å². The third-order valence-electron chi connectivity index (χ3n) is 1.25. The van der Waals surface area contributed by atoms with Gasteiger partial charge in [0.05, 0.1) is 11.4 Å². The van der Waals surface area contributed by atoms with Crippen molar-refractivity contribution >= 4 is 11.9 Å². The minimum Gasteiger partial charge on any atom is -0.260 e. The number of rotatable bonds is 1. The van der Waals surface area contributed by atoms with E-state index >= 15 is 0 Å². The summed E-state index contributed by atoms with van der Waals surface area (Å²) in [6.07, 6.45) is 3.54. The molecule has 0 aliphatic heterocycles. The average molecular weight is 134 g/mol. The van der Waals surface area contributed by atoms with Crippen molar-refractivity contribution in [1.29, 1.82) is 0 Å². The zero-order valence-electron chi connectivity index (χ0n) is 6.20. The lowest BCUT2D eigenvalue weighted by Gasteiger charge is -1.94. The van der Waals surface area contributed by atoms with Gasteiger partial charge < -0.3 is 0 Å².